The number of carbonyl (C=O) groups is 1. The molecule has 0 spiro atoms. The number of fused-ring (bicyclic) bond motifs is 5. The van der Waals surface area contributed by atoms with E-state index in [4.69, 9.17) is 4.74 Å². The van der Waals surface area contributed by atoms with Crippen molar-refractivity contribution in [3.8, 4) is 0 Å². The molecule has 4 rings (SSSR count). The molecule has 0 bridgehead atoms. The molecule has 2 N–H and O–H groups in total. The molecule has 4 aliphatic carbocycles. The van der Waals surface area contributed by atoms with Gasteiger partial charge < -0.3 is 14.9 Å². The van der Waals surface area contributed by atoms with Crippen molar-refractivity contribution >= 4 is 5.97 Å². The molecule has 0 amide bonds. The van der Waals surface area contributed by atoms with E-state index >= 15 is 0 Å². The van der Waals surface area contributed by atoms with E-state index in [1.165, 1.54) is 32.8 Å². The molecule has 0 saturated heterocycles. The van der Waals surface area contributed by atoms with Crippen LogP contribution in [-0.4, -0.2) is 35.5 Å². The Morgan fingerprint density at radius 2 is 1.69 bits per heavy atom. The molecule has 0 aromatic carbocycles. The van der Waals surface area contributed by atoms with E-state index < -0.39 is 0 Å². The maximum atomic E-state index is 11.6. The van der Waals surface area contributed by atoms with Gasteiger partial charge in [0.05, 0.1) is 19.3 Å². The minimum absolute atomic E-state index is 0.0888. The average molecular weight is 407 g/mol. The van der Waals surface area contributed by atoms with Crippen LogP contribution in [0.25, 0.3) is 0 Å². The van der Waals surface area contributed by atoms with Crippen LogP contribution in [0.2, 0.25) is 0 Å². The minimum atomic E-state index is -0.255. The molecule has 0 unspecified atom stereocenters. The molecule has 0 aromatic heterocycles. The highest BCUT2D eigenvalue weighted by Crippen LogP contribution is 2.68. The summed E-state index contributed by atoms with van der Waals surface area (Å²) in [7, 11) is 1.48. The van der Waals surface area contributed by atoms with E-state index in [9.17, 15) is 15.0 Å². The Kier molecular flexibility index (Phi) is 5.83. The number of hydrogen-bond acceptors (Lipinski definition) is 4. The van der Waals surface area contributed by atoms with Gasteiger partial charge >= 0.3 is 5.97 Å². The lowest BCUT2D eigenvalue weighted by molar-refractivity contribution is -0.172. The fraction of sp³-hybridized carbons (Fsp3) is 0.960. The highest BCUT2D eigenvalue weighted by atomic mass is 16.5. The van der Waals surface area contributed by atoms with E-state index in [1.807, 2.05) is 0 Å². The van der Waals surface area contributed by atoms with Crippen LogP contribution in [0.1, 0.15) is 85.0 Å². The topological polar surface area (TPSA) is 66.8 Å². The Bertz CT molecular complexity index is 620. The maximum absolute atomic E-state index is 11.6. The molecule has 29 heavy (non-hydrogen) atoms. The summed E-state index contributed by atoms with van der Waals surface area (Å²) < 4.78 is 4.86. The van der Waals surface area contributed by atoms with Gasteiger partial charge in [-0.2, -0.15) is 0 Å². The second-order valence-corrected chi connectivity index (χ2v) is 11.5. The number of aliphatic hydroxyl groups is 2. The summed E-state index contributed by atoms with van der Waals surface area (Å²) in [5, 5.41) is 21.3. The molecule has 4 saturated carbocycles. The van der Waals surface area contributed by atoms with Gasteiger partial charge in [-0.3, -0.25) is 4.79 Å². The smallest absolute Gasteiger partial charge is 0.305 e. The van der Waals surface area contributed by atoms with Gasteiger partial charge in [0.2, 0.25) is 0 Å². The van der Waals surface area contributed by atoms with Gasteiger partial charge in [0, 0.05) is 6.42 Å². The number of rotatable bonds is 4. The first-order chi connectivity index (χ1) is 13.7. The zero-order valence-electron chi connectivity index (χ0n) is 18.9. The third-order valence-corrected chi connectivity index (χ3v) is 10.4. The highest BCUT2D eigenvalue weighted by Gasteiger charge is 2.62. The van der Waals surface area contributed by atoms with Crippen LogP contribution in [0, 0.1) is 46.3 Å². The first-order valence-electron chi connectivity index (χ1n) is 12.1. The predicted molar refractivity (Wildman–Crippen MR) is 113 cm³/mol. The Morgan fingerprint density at radius 1 is 1.00 bits per heavy atom. The lowest BCUT2D eigenvalue weighted by atomic mass is 9.44. The van der Waals surface area contributed by atoms with Crippen LogP contribution in [0.3, 0.4) is 0 Å². The van der Waals surface area contributed by atoms with Crippen LogP contribution >= 0.6 is 0 Å². The largest absolute Gasteiger partial charge is 0.469 e. The number of aliphatic hydroxyl groups excluding tert-OH is 2. The van der Waals surface area contributed by atoms with Crippen molar-refractivity contribution in [3.63, 3.8) is 0 Å². The molecular formula is C25H42O4. The van der Waals surface area contributed by atoms with E-state index in [0.29, 0.717) is 41.4 Å². The normalized spacial score (nSPS) is 50.2. The van der Waals surface area contributed by atoms with Crippen LogP contribution < -0.4 is 0 Å². The number of hydrogen-bond donors (Lipinski definition) is 2. The zero-order chi connectivity index (χ0) is 21.0. The zero-order valence-corrected chi connectivity index (χ0v) is 18.9. The SMILES string of the molecule is COC(=O)CC[C@@H](C)[C@H]1CC[C@H]2[C@@H]3C[C@H](O)[C@H]4C[C@@H](O)CC[C@]4(C)[C@H]3CC[C@]12C. The fourth-order valence-electron chi connectivity index (χ4n) is 8.90. The fourth-order valence-corrected chi connectivity index (χ4v) is 8.90. The first kappa shape index (κ1) is 21.6. The molecular weight excluding hydrogens is 364 g/mol. The quantitative estimate of drug-likeness (QED) is 0.671. The van der Waals surface area contributed by atoms with Crippen molar-refractivity contribution in [1.82, 2.24) is 0 Å². The summed E-state index contributed by atoms with van der Waals surface area (Å²) in [4.78, 5) is 11.6. The second kappa shape index (κ2) is 7.82. The molecule has 0 aromatic rings. The molecule has 4 nitrogen and oxygen atoms in total. The number of esters is 1. The van der Waals surface area contributed by atoms with Gasteiger partial charge in [-0.05, 0) is 104 Å². The highest BCUT2D eigenvalue weighted by molar-refractivity contribution is 5.69. The van der Waals surface area contributed by atoms with Crippen molar-refractivity contribution in [2.75, 3.05) is 7.11 Å². The summed E-state index contributed by atoms with van der Waals surface area (Å²) in [6.07, 6.45) is 9.77. The van der Waals surface area contributed by atoms with Crippen molar-refractivity contribution in [2.24, 2.45) is 46.3 Å². The number of methoxy groups -OCH3 is 1. The monoisotopic (exact) mass is 406 g/mol. The average Bonchev–Trinajstić information content (AvgIpc) is 3.05. The minimum Gasteiger partial charge on any atom is -0.469 e. The third kappa shape index (κ3) is 3.46. The molecule has 4 fully saturated rings. The van der Waals surface area contributed by atoms with Crippen LogP contribution in [0.5, 0.6) is 0 Å². The van der Waals surface area contributed by atoms with Crippen LogP contribution in [-0.2, 0) is 9.53 Å². The summed E-state index contributed by atoms with van der Waals surface area (Å²) in [6.45, 7) is 7.28. The molecule has 4 heteroatoms. The van der Waals surface area contributed by atoms with E-state index in [2.05, 4.69) is 20.8 Å². The Hall–Kier alpha value is -0.610. The van der Waals surface area contributed by atoms with E-state index in [1.54, 1.807) is 0 Å². The first-order valence-corrected chi connectivity index (χ1v) is 12.1. The van der Waals surface area contributed by atoms with Gasteiger partial charge in [0.15, 0.2) is 0 Å². The van der Waals surface area contributed by atoms with Crippen molar-refractivity contribution in [3.05, 3.63) is 0 Å². The van der Waals surface area contributed by atoms with Crippen molar-refractivity contribution in [1.29, 1.82) is 0 Å². The van der Waals surface area contributed by atoms with Gasteiger partial charge in [-0.15, -0.1) is 0 Å². The van der Waals surface area contributed by atoms with Gasteiger partial charge in [-0.1, -0.05) is 20.8 Å². The van der Waals surface area contributed by atoms with Crippen molar-refractivity contribution in [2.45, 2.75) is 97.2 Å². The lowest BCUT2D eigenvalue weighted by Gasteiger charge is -2.62. The molecule has 166 valence electrons. The Balaban J connectivity index is 1.52. The lowest BCUT2D eigenvalue weighted by Crippen LogP contribution is -2.58. The van der Waals surface area contributed by atoms with Crippen LogP contribution in [0.4, 0.5) is 0 Å². The Morgan fingerprint density at radius 3 is 2.41 bits per heavy atom. The standard InChI is InChI=1S/C25H42O4/c1-15(5-8-23(28)29-4)18-6-7-19-17-14-22(27)21-13-16(26)9-11-25(21,3)20(17)10-12-24(18,19)2/h15-22,26-27H,5-14H2,1-4H3/t15-,16+,17+,18-,19+,20+,21-,22+,24-,25-/m1/s1. The van der Waals surface area contributed by atoms with Gasteiger partial charge in [-0.25, -0.2) is 0 Å². The van der Waals surface area contributed by atoms with E-state index in [0.717, 1.165) is 32.1 Å². The Labute approximate surface area is 176 Å². The molecule has 0 aliphatic heterocycles. The summed E-state index contributed by atoms with van der Waals surface area (Å²) in [5.74, 6) is 3.42. The second-order valence-electron chi connectivity index (χ2n) is 11.5. The molecule has 0 heterocycles. The predicted octanol–water partition coefficient (Wildman–Crippen LogP) is 4.57. The number of ether oxygens (including phenoxy) is 1. The third-order valence-electron chi connectivity index (χ3n) is 10.4. The molecule has 4 aliphatic rings. The van der Waals surface area contributed by atoms with Gasteiger partial charge in [0.25, 0.3) is 0 Å². The summed E-state index contributed by atoms with van der Waals surface area (Å²) in [6, 6.07) is 0. The molecule has 0 radical (unpaired) electrons. The summed E-state index contributed by atoms with van der Waals surface area (Å²) >= 11 is 0. The van der Waals surface area contributed by atoms with Crippen LogP contribution in [0.15, 0.2) is 0 Å². The van der Waals surface area contributed by atoms with Gasteiger partial charge in [0.1, 0.15) is 0 Å². The maximum Gasteiger partial charge on any atom is 0.305 e. The summed E-state index contributed by atoms with van der Waals surface area (Å²) in [5.41, 5.74) is 0.533. The van der Waals surface area contributed by atoms with E-state index in [-0.39, 0.29) is 29.5 Å². The number of carbonyl (C=O) groups excluding carboxylic acids is 1. The van der Waals surface area contributed by atoms with Crippen molar-refractivity contribution < 1.29 is 19.7 Å². The molecule has 10 atom stereocenters.